The van der Waals surface area contributed by atoms with E-state index in [4.69, 9.17) is 10.2 Å². The summed E-state index contributed by atoms with van der Waals surface area (Å²) in [5.74, 6) is -0.406. The van der Waals surface area contributed by atoms with E-state index in [2.05, 4.69) is 15.3 Å². The van der Waals surface area contributed by atoms with Crippen LogP contribution in [-0.4, -0.2) is 9.97 Å². The molecule has 0 amide bonds. The number of aryl methyl sites for hydroxylation is 2. The summed E-state index contributed by atoms with van der Waals surface area (Å²) >= 11 is 0. The summed E-state index contributed by atoms with van der Waals surface area (Å²) in [7, 11) is 0. The Balaban J connectivity index is 2.11. The van der Waals surface area contributed by atoms with Gasteiger partial charge in [-0.3, -0.25) is 0 Å². The number of nitrogens with one attached hydrogen (secondary N) is 1. The van der Waals surface area contributed by atoms with Crippen LogP contribution in [0.3, 0.4) is 0 Å². The van der Waals surface area contributed by atoms with Gasteiger partial charge in [-0.05, 0) is 26.3 Å². The lowest BCUT2D eigenvalue weighted by molar-refractivity contribution is 0.146. The van der Waals surface area contributed by atoms with E-state index in [9.17, 15) is 18.0 Å². The van der Waals surface area contributed by atoms with Gasteiger partial charge in [-0.15, -0.1) is 0 Å². The first-order valence-electron chi connectivity index (χ1n) is 8.11. The molecule has 0 aliphatic heterocycles. The standard InChI is InChI=1S/C18H17F3N4O2/c1-7-12-16(24-9(3)25-17(12)27-18(26)14(7)22)23-8(2)10-5-4-6-11(13(10)19)15(20)21/h4-6,8,15H,22H2,1-3H3,(H,23,24,25)/t8-/m1/s1. The van der Waals surface area contributed by atoms with Gasteiger partial charge in [0.25, 0.3) is 6.43 Å². The Bertz CT molecular complexity index is 1080. The van der Waals surface area contributed by atoms with E-state index < -0.39 is 29.5 Å². The fourth-order valence-electron chi connectivity index (χ4n) is 2.85. The lowest BCUT2D eigenvalue weighted by atomic mass is 10.0. The molecule has 1 atom stereocenters. The van der Waals surface area contributed by atoms with E-state index in [-0.39, 0.29) is 22.8 Å². The highest BCUT2D eigenvalue weighted by Crippen LogP contribution is 2.31. The molecule has 0 aliphatic carbocycles. The average molecular weight is 378 g/mol. The third-order valence-electron chi connectivity index (χ3n) is 4.29. The van der Waals surface area contributed by atoms with E-state index in [0.29, 0.717) is 16.8 Å². The van der Waals surface area contributed by atoms with E-state index >= 15 is 0 Å². The van der Waals surface area contributed by atoms with Crippen molar-refractivity contribution >= 4 is 22.6 Å². The maximum absolute atomic E-state index is 14.4. The number of fused-ring (bicyclic) bond motifs is 1. The summed E-state index contributed by atoms with van der Waals surface area (Å²) in [6, 6.07) is 3.12. The van der Waals surface area contributed by atoms with Gasteiger partial charge in [-0.1, -0.05) is 18.2 Å². The van der Waals surface area contributed by atoms with E-state index in [1.54, 1.807) is 20.8 Å². The van der Waals surface area contributed by atoms with Crippen LogP contribution < -0.4 is 16.7 Å². The van der Waals surface area contributed by atoms with Crippen molar-refractivity contribution in [3.63, 3.8) is 0 Å². The Morgan fingerprint density at radius 1 is 1.19 bits per heavy atom. The Morgan fingerprint density at radius 2 is 1.85 bits per heavy atom. The van der Waals surface area contributed by atoms with Gasteiger partial charge >= 0.3 is 5.63 Å². The van der Waals surface area contributed by atoms with Crippen LogP contribution in [0.5, 0.6) is 0 Å². The fourth-order valence-corrected chi connectivity index (χ4v) is 2.85. The van der Waals surface area contributed by atoms with Crippen LogP contribution in [0.2, 0.25) is 0 Å². The zero-order chi connectivity index (χ0) is 19.9. The lowest BCUT2D eigenvalue weighted by Gasteiger charge is -2.19. The summed E-state index contributed by atoms with van der Waals surface area (Å²) in [6.07, 6.45) is -2.92. The van der Waals surface area contributed by atoms with Crippen LogP contribution in [0.1, 0.15) is 41.9 Å². The molecule has 0 bridgehead atoms. The Labute approximate surface area is 152 Å². The number of nitrogens with two attached hydrogens (primary N) is 1. The first kappa shape index (κ1) is 18.7. The second-order valence-corrected chi connectivity index (χ2v) is 6.14. The van der Waals surface area contributed by atoms with Crippen LogP contribution in [0.25, 0.3) is 11.1 Å². The maximum Gasteiger partial charge on any atom is 0.361 e. The summed E-state index contributed by atoms with van der Waals surface area (Å²) in [6.45, 7) is 4.81. The second kappa shape index (κ2) is 6.90. The summed E-state index contributed by atoms with van der Waals surface area (Å²) in [5, 5.41) is 3.35. The molecular weight excluding hydrogens is 361 g/mol. The predicted octanol–water partition coefficient (Wildman–Crippen LogP) is 4.03. The van der Waals surface area contributed by atoms with Crippen molar-refractivity contribution in [2.75, 3.05) is 11.1 Å². The van der Waals surface area contributed by atoms with Crippen LogP contribution in [0.15, 0.2) is 27.4 Å². The normalized spacial score (nSPS) is 12.6. The number of hydrogen-bond acceptors (Lipinski definition) is 6. The highest BCUT2D eigenvalue weighted by atomic mass is 19.3. The van der Waals surface area contributed by atoms with Crippen molar-refractivity contribution in [1.29, 1.82) is 0 Å². The molecule has 0 aliphatic rings. The van der Waals surface area contributed by atoms with Crippen LogP contribution in [-0.2, 0) is 0 Å². The molecule has 9 heteroatoms. The number of nitrogens with zero attached hydrogens (tertiary/aromatic N) is 2. The van der Waals surface area contributed by atoms with Gasteiger partial charge in [0.05, 0.1) is 17.0 Å². The first-order valence-corrected chi connectivity index (χ1v) is 8.11. The molecule has 0 spiro atoms. The van der Waals surface area contributed by atoms with Gasteiger partial charge in [0.1, 0.15) is 23.1 Å². The van der Waals surface area contributed by atoms with Gasteiger partial charge < -0.3 is 15.5 Å². The molecule has 0 radical (unpaired) electrons. The minimum absolute atomic E-state index is 0.0377. The SMILES string of the molecule is Cc1nc(N[C@H](C)c2cccc(C(F)F)c2F)c2c(C)c(N)c(=O)oc2n1. The molecule has 6 nitrogen and oxygen atoms in total. The largest absolute Gasteiger partial charge is 0.402 e. The maximum atomic E-state index is 14.4. The quantitative estimate of drug-likeness (QED) is 0.712. The summed E-state index contributed by atoms with van der Waals surface area (Å²) in [5.41, 5.74) is 4.78. The zero-order valence-electron chi connectivity index (χ0n) is 14.8. The van der Waals surface area contributed by atoms with E-state index in [1.165, 1.54) is 12.1 Å². The minimum atomic E-state index is -2.92. The van der Waals surface area contributed by atoms with Gasteiger partial charge in [0.15, 0.2) is 0 Å². The molecule has 3 aromatic rings. The van der Waals surface area contributed by atoms with Crippen molar-refractivity contribution in [2.45, 2.75) is 33.2 Å². The number of halogens is 3. The predicted molar refractivity (Wildman–Crippen MR) is 95.4 cm³/mol. The second-order valence-electron chi connectivity index (χ2n) is 6.14. The summed E-state index contributed by atoms with van der Waals surface area (Å²) < 4.78 is 45.5. The Kier molecular flexibility index (Phi) is 4.77. The molecule has 0 unspecified atom stereocenters. The van der Waals surface area contributed by atoms with Gasteiger partial charge in [0, 0.05) is 5.56 Å². The number of aromatic nitrogens is 2. The number of anilines is 2. The number of rotatable bonds is 4. The van der Waals surface area contributed by atoms with Crippen LogP contribution in [0, 0.1) is 19.7 Å². The minimum Gasteiger partial charge on any atom is -0.402 e. The fraction of sp³-hybridized carbons (Fsp3) is 0.278. The van der Waals surface area contributed by atoms with Crippen molar-refractivity contribution in [3.8, 4) is 0 Å². The molecule has 0 saturated heterocycles. The summed E-state index contributed by atoms with van der Waals surface area (Å²) in [4.78, 5) is 20.1. The average Bonchev–Trinajstić information content (AvgIpc) is 2.59. The molecule has 142 valence electrons. The lowest BCUT2D eigenvalue weighted by Crippen LogP contribution is -2.15. The highest BCUT2D eigenvalue weighted by Gasteiger charge is 2.21. The molecule has 3 N–H and O–H groups in total. The first-order chi connectivity index (χ1) is 12.7. The zero-order valence-corrected chi connectivity index (χ0v) is 14.8. The number of hydrogen-bond donors (Lipinski definition) is 2. The molecule has 27 heavy (non-hydrogen) atoms. The highest BCUT2D eigenvalue weighted by molar-refractivity contribution is 5.91. The number of alkyl halides is 2. The van der Waals surface area contributed by atoms with Gasteiger partial charge in [0.2, 0.25) is 5.71 Å². The molecule has 3 rings (SSSR count). The Morgan fingerprint density at radius 3 is 2.52 bits per heavy atom. The molecule has 1 aromatic carbocycles. The van der Waals surface area contributed by atoms with E-state index in [1.807, 2.05) is 0 Å². The van der Waals surface area contributed by atoms with Crippen molar-refractivity contribution < 1.29 is 17.6 Å². The van der Waals surface area contributed by atoms with Crippen LogP contribution >= 0.6 is 0 Å². The molecular formula is C18H17F3N4O2. The van der Waals surface area contributed by atoms with E-state index in [0.717, 1.165) is 6.07 Å². The Hall–Kier alpha value is -3.10. The third kappa shape index (κ3) is 3.32. The van der Waals surface area contributed by atoms with Gasteiger partial charge in [-0.25, -0.2) is 22.9 Å². The number of nitrogen functional groups attached to an aromatic ring is 1. The van der Waals surface area contributed by atoms with Gasteiger partial charge in [-0.2, -0.15) is 4.98 Å². The third-order valence-corrected chi connectivity index (χ3v) is 4.29. The smallest absolute Gasteiger partial charge is 0.361 e. The van der Waals surface area contributed by atoms with Crippen molar-refractivity contribution in [3.05, 3.63) is 57.0 Å². The molecule has 0 saturated carbocycles. The van der Waals surface area contributed by atoms with Crippen molar-refractivity contribution in [1.82, 2.24) is 9.97 Å². The molecule has 0 fully saturated rings. The molecule has 2 aromatic heterocycles. The topological polar surface area (TPSA) is 94.0 Å². The monoisotopic (exact) mass is 378 g/mol. The number of benzene rings is 1. The van der Waals surface area contributed by atoms with Crippen LogP contribution in [0.4, 0.5) is 24.7 Å². The molecule has 2 heterocycles. The van der Waals surface area contributed by atoms with Crippen molar-refractivity contribution in [2.24, 2.45) is 0 Å².